The Hall–Kier alpha value is -0.450. The zero-order chi connectivity index (χ0) is 12.3. The van der Waals surface area contributed by atoms with Crippen LogP contribution in [0.25, 0.3) is 0 Å². The van der Waals surface area contributed by atoms with Crippen LogP contribution in [-0.4, -0.2) is 35.6 Å². The maximum atomic E-state index is 4.54. The number of hydrogen-bond donors (Lipinski definition) is 1. The molecule has 1 aromatic rings. The second-order valence-electron chi connectivity index (χ2n) is 5.08. The lowest BCUT2D eigenvalue weighted by Gasteiger charge is -2.42. The van der Waals surface area contributed by atoms with Crippen molar-refractivity contribution in [3.63, 3.8) is 0 Å². The lowest BCUT2D eigenvalue weighted by Crippen LogP contribution is -2.52. The molecule has 2 rings (SSSR count). The third-order valence-electron chi connectivity index (χ3n) is 3.74. The van der Waals surface area contributed by atoms with Crippen molar-refractivity contribution >= 4 is 11.3 Å². The van der Waals surface area contributed by atoms with Crippen LogP contribution in [-0.2, 0) is 5.54 Å². The molecule has 1 saturated heterocycles. The van der Waals surface area contributed by atoms with Gasteiger partial charge in [-0.05, 0) is 33.2 Å². The summed E-state index contributed by atoms with van der Waals surface area (Å²) in [7, 11) is 0. The van der Waals surface area contributed by atoms with Crippen LogP contribution in [0.5, 0.6) is 0 Å². The van der Waals surface area contributed by atoms with Crippen LogP contribution in [0.4, 0.5) is 0 Å². The Morgan fingerprint density at radius 2 is 2.18 bits per heavy atom. The minimum Gasteiger partial charge on any atom is -0.306 e. The third-order valence-corrected chi connectivity index (χ3v) is 4.72. The van der Waals surface area contributed by atoms with Gasteiger partial charge in [0, 0.05) is 30.7 Å². The number of piperidine rings is 1. The molecule has 1 N–H and O–H groups in total. The standard InChI is InChI=1S/C13H23N3S/c1-4-15-13(12-14-7-10-17-12)5-8-16(9-6-13)11(2)3/h7,10-11,15H,4-6,8-9H2,1-3H3. The molecule has 0 saturated carbocycles. The molecule has 4 heteroatoms. The number of aromatic nitrogens is 1. The summed E-state index contributed by atoms with van der Waals surface area (Å²) in [6.45, 7) is 10.1. The van der Waals surface area contributed by atoms with Gasteiger partial charge in [-0.3, -0.25) is 0 Å². The van der Waals surface area contributed by atoms with Gasteiger partial charge in [-0.15, -0.1) is 11.3 Å². The van der Waals surface area contributed by atoms with Gasteiger partial charge < -0.3 is 10.2 Å². The molecular weight excluding hydrogens is 230 g/mol. The van der Waals surface area contributed by atoms with Crippen LogP contribution >= 0.6 is 11.3 Å². The molecule has 17 heavy (non-hydrogen) atoms. The van der Waals surface area contributed by atoms with E-state index < -0.39 is 0 Å². The number of hydrogen-bond acceptors (Lipinski definition) is 4. The van der Waals surface area contributed by atoms with Crippen molar-refractivity contribution in [1.82, 2.24) is 15.2 Å². The largest absolute Gasteiger partial charge is 0.306 e. The highest BCUT2D eigenvalue weighted by molar-refractivity contribution is 7.09. The predicted octanol–water partition coefficient (Wildman–Crippen LogP) is 2.45. The molecule has 0 spiro atoms. The van der Waals surface area contributed by atoms with E-state index in [1.807, 2.05) is 6.20 Å². The van der Waals surface area contributed by atoms with Gasteiger partial charge >= 0.3 is 0 Å². The van der Waals surface area contributed by atoms with Crippen molar-refractivity contribution in [1.29, 1.82) is 0 Å². The Bertz CT molecular complexity index is 326. The van der Waals surface area contributed by atoms with Gasteiger partial charge in [-0.25, -0.2) is 4.98 Å². The normalized spacial score (nSPS) is 20.9. The van der Waals surface area contributed by atoms with E-state index in [1.54, 1.807) is 11.3 Å². The fourth-order valence-corrected chi connectivity index (χ4v) is 3.56. The highest BCUT2D eigenvalue weighted by atomic mass is 32.1. The first-order valence-electron chi connectivity index (χ1n) is 6.57. The second kappa shape index (κ2) is 5.46. The van der Waals surface area contributed by atoms with Gasteiger partial charge in [0.2, 0.25) is 0 Å². The average Bonchev–Trinajstić information content (AvgIpc) is 2.84. The Kier molecular flexibility index (Phi) is 4.17. The van der Waals surface area contributed by atoms with Crippen molar-refractivity contribution in [2.75, 3.05) is 19.6 Å². The van der Waals surface area contributed by atoms with Crippen molar-refractivity contribution in [2.24, 2.45) is 0 Å². The third kappa shape index (κ3) is 2.69. The minimum absolute atomic E-state index is 0.133. The zero-order valence-corrected chi connectivity index (χ0v) is 11.9. The summed E-state index contributed by atoms with van der Waals surface area (Å²) >= 11 is 1.79. The maximum Gasteiger partial charge on any atom is 0.113 e. The van der Waals surface area contributed by atoms with Crippen molar-refractivity contribution < 1.29 is 0 Å². The van der Waals surface area contributed by atoms with Gasteiger partial charge in [0.1, 0.15) is 5.01 Å². The molecule has 0 aliphatic carbocycles. The van der Waals surface area contributed by atoms with Crippen LogP contribution in [0, 0.1) is 0 Å². The van der Waals surface area contributed by atoms with E-state index in [0.29, 0.717) is 6.04 Å². The first-order valence-corrected chi connectivity index (χ1v) is 7.45. The summed E-state index contributed by atoms with van der Waals surface area (Å²) in [6.07, 6.45) is 4.27. The van der Waals surface area contributed by atoms with E-state index in [0.717, 1.165) is 6.54 Å². The molecule has 0 aromatic carbocycles. The molecule has 3 nitrogen and oxygen atoms in total. The molecule has 0 atom stereocenters. The van der Waals surface area contributed by atoms with E-state index in [2.05, 4.69) is 41.4 Å². The maximum absolute atomic E-state index is 4.54. The first kappa shape index (κ1) is 13.0. The quantitative estimate of drug-likeness (QED) is 0.893. The van der Waals surface area contributed by atoms with Crippen molar-refractivity contribution in [3.05, 3.63) is 16.6 Å². The highest BCUT2D eigenvalue weighted by Crippen LogP contribution is 2.34. The predicted molar refractivity (Wildman–Crippen MR) is 73.4 cm³/mol. The van der Waals surface area contributed by atoms with E-state index in [-0.39, 0.29) is 5.54 Å². The number of nitrogens with one attached hydrogen (secondary N) is 1. The average molecular weight is 253 g/mol. The van der Waals surface area contributed by atoms with Crippen LogP contribution in [0.2, 0.25) is 0 Å². The Labute approximate surface area is 108 Å². The van der Waals surface area contributed by atoms with Gasteiger partial charge in [0.05, 0.1) is 5.54 Å². The Balaban J connectivity index is 2.11. The number of likely N-dealkylation sites (tertiary alicyclic amines) is 1. The summed E-state index contributed by atoms with van der Waals surface area (Å²) in [6, 6.07) is 0.658. The van der Waals surface area contributed by atoms with Crippen LogP contribution < -0.4 is 5.32 Å². The van der Waals surface area contributed by atoms with Crippen LogP contribution in [0.3, 0.4) is 0 Å². The molecule has 1 aliphatic heterocycles. The fraction of sp³-hybridized carbons (Fsp3) is 0.769. The smallest absolute Gasteiger partial charge is 0.113 e. The summed E-state index contributed by atoms with van der Waals surface area (Å²) < 4.78 is 0. The van der Waals surface area contributed by atoms with Gasteiger partial charge in [-0.2, -0.15) is 0 Å². The molecule has 96 valence electrons. The number of thiazole rings is 1. The number of nitrogens with zero attached hydrogens (tertiary/aromatic N) is 2. The molecule has 0 amide bonds. The SMILES string of the molecule is CCNC1(c2nccs2)CCN(C(C)C)CC1. The van der Waals surface area contributed by atoms with Crippen LogP contribution in [0.1, 0.15) is 38.6 Å². The zero-order valence-electron chi connectivity index (χ0n) is 11.1. The van der Waals surface area contributed by atoms with E-state index in [1.165, 1.54) is 30.9 Å². The number of rotatable bonds is 4. The van der Waals surface area contributed by atoms with Crippen molar-refractivity contribution in [3.8, 4) is 0 Å². The lowest BCUT2D eigenvalue weighted by atomic mass is 9.87. The summed E-state index contributed by atoms with van der Waals surface area (Å²) in [5.74, 6) is 0. The Morgan fingerprint density at radius 3 is 2.65 bits per heavy atom. The summed E-state index contributed by atoms with van der Waals surface area (Å²) in [5, 5.41) is 7.03. The molecule has 0 bridgehead atoms. The lowest BCUT2D eigenvalue weighted by molar-refractivity contribution is 0.110. The molecule has 1 aromatic heterocycles. The van der Waals surface area contributed by atoms with Gasteiger partial charge in [0.25, 0.3) is 0 Å². The van der Waals surface area contributed by atoms with Crippen LogP contribution in [0.15, 0.2) is 11.6 Å². The van der Waals surface area contributed by atoms with Gasteiger partial charge in [0.15, 0.2) is 0 Å². The molecule has 1 fully saturated rings. The monoisotopic (exact) mass is 253 g/mol. The first-order chi connectivity index (χ1) is 8.18. The minimum atomic E-state index is 0.133. The molecular formula is C13H23N3S. The van der Waals surface area contributed by atoms with Gasteiger partial charge in [-0.1, -0.05) is 6.92 Å². The summed E-state index contributed by atoms with van der Waals surface area (Å²) in [4.78, 5) is 7.10. The van der Waals surface area contributed by atoms with Crippen molar-refractivity contribution in [2.45, 2.75) is 45.2 Å². The molecule has 1 aliphatic rings. The summed E-state index contributed by atoms with van der Waals surface area (Å²) in [5.41, 5.74) is 0.133. The molecule has 0 unspecified atom stereocenters. The Morgan fingerprint density at radius 1 is 1.47 bits per heavy atom. The molecule has 0 radical (unpaired) electrons. The van der Waals surface area contributed by atoms with E-state index in [4.69, 9.17) is 0 Å². The van der Waals surface area contributed by atoms with E-state index in [9.17, 15) is 0 Å². The van der Waals surface area contributed by atoms with E-state index >= 15 is 0 Å². The topological polar surface area (TPSA) is 28.2 Å². The second-order valence-corrected chi connectivity index (χ2v) is 5.97. The highest BCUT2D eigenvalue weighted by Gasteiger charge is 2.37. The molecule has 2 heterocycles. The fourth-order valence-electron chi connectivity index (χ4n) is 2.69.